The molecule has 1 aliphatic heterocycles. The van der Waals surface area contributed by atoms with E-state index < -0.39 is 20.0 Å². The highest BCUT2D eigenvalue weighted by molar-refractivity contribution is 7.93. The van der Waals surface area contributed by atoms with Crippen LogP contribution in [0.1, 0.15) is 5.56 Å². The number of nitrogens with one attached hydrogen (secondary N) is 1. The van der Waals surface area contributed by atoms with Gasteiger partial charge < -0.3 is 4.74 Å². The second kappa shape index (κ2) is 7.86. The monoisotopic (exact) mass is 470 g/mol. The van der Waals surface area contributed by atoms with Gasteiger partial charge in [-0.05, 0) is 30.7 Å². The molecule has 1 aromatic carbocycles. The largest absolute Gasteiger partial charge is 0.379 e. The fourth-order valence-corrected chi connectivity index (χ4v) is 7.44. The summed E-state index contributed by atoms with van der Waals surface area (Å²) >= 11 is 12.7. The molecule has 0 aliphatic carbocycles. The van der Waals surface area contributed by atoms with E-state index in [4.69, 9.17) is 27.9 Å². The van der Waals surface area contributed by atoms with Crippen LogP contribution in [-0.2, 0) is 24.8 Å². The van der Waals surface area contributed by atoms with Crippen LogP contribution in [0, 0.1) is 6.92 Å². The first-order chi connectivity index (χ1) is 12.6. The van der Waals surface area contributed by atoms with Crippen molar-refractivity contribution in [2.75, 3.05) is 31.0 Å². The molecule has 1 fully saturated rings. The van der Waals surface area contributed by atoms with Gasteiger partial charge in [0.2, 0.25) is 10.0 Å². The SMILES string of the molecule is Cc1ccc(NS(=O)(=O)c2cc(Cl)sc2Cl)cc1S(=O)(=O)N1CCOCC1. The van der Waals surface area contributed by atoms with Crippen LogP contribution in [0.15, 0.2) is 34.1 Å². The minimum absolute atomic E-state index is 0.0285. The van der Waals surface area contributed by atoms with Crippen LogP contribution in [-0.4, -0.2) is 47.4 Å². The highest BCUT2D eigenvalue weighted by atomic mass is 35.5. The number of hydrogen-bond acceptors (Lipinski definition) is 6. The van der Waals surface area contributed by atoms with E-state index in [0.29, 0.717) is 18.8 Å². The lowest BCUT2D eigenvalue weighted by Crippen LogP contribution is -2.40. The predicted molar refractivity (Wildman–Crippen MR) is 106 cm³/mol. The van der Waals surface area contributed by atoms with E-state index in [1.54, 1.807) is 13.0 Å². The maximum Gasteiger partial charge on any atom is 0.264 e. The zero-order chi connectivity index (χ0) is 19.8. The topological polar surface area (TPSA) is 92.8 Å². The van der Waals surface area contributed by atoms with Gasteiger partial charge in [0.25, 0.3) is 10.0 Å². The van der Waals surface area contributed by atoms with Crippen LogP contribution >= 0.6 is 34.5 Å². The number of halogens is 2. The first kappa shape index (κ1) is 20.8. The van der Waals surface area contributed by atoms with Gasteiger partial charge in [-0.15, -0.1) is 11.3 Å². The molecule has 2 heterocycles. The third-order valence-electron chi connectivity index (χ3n) is 3.94. The summed E-state index contributed by atoms with van der Waals surface area (Å²) in [5.41, 5.74) is 0.631. The molecule has 27 heavy (non-hydrogen) atoms. The average molecular weight is 471 g/mol. The number of benzene rings is 1. The fraction of sp³-hybridized carbons (Fsp3) is 0.333. The molecule has 1 N–H and O–H groups in total. The van der Waals surface area contributed by atoms with E-state index in [1.807, 2.05) is 0 Å². The molecule has 0 atom stereocenters. The van der Waals surface area contributed by atoms with Crippen molar-refractivity contribution in [2.24, 2.45) is 0 Å². The Kier molecular flexibility index (Phi) is 6.07. The van der Waals surface area contributed by atoms with Crippen LogP contribution in [0.2, 0.25) is 8.67 Å². The van der Waals surface area contributed by atoms with Crippen molar-refractivity contribution in [2.45, 2.75) is 16.7 Å². The number of hydrogen-bond donors (Lipinski definition) is 1. The third kappa shape index (κ3) is 4.42. The summed E-state index contributed by atoms with van der Waals surface area (Å²) in [4.78, 5) is -0.114. The van der Waals surface area contributed by atoms with Gasteiger partial charge in [-0.2, -0.15) is 4.31 Å². The minimum Gasteiger partial charge on any atom is -0.379 e. The maximum absolute atomic E-state index is 12.9. The van der Waals surface area contributed by atoms with Gasteiger partial charge in [-0.25, -0.2) is 16.8 Å². The molecule has 0 spiro atoms. The summed E-state index contributed by atoms with van der Waals surface area (Å²) in [5.74, 6) is 0. The number of anilines is 1. The lowest BCUT2D eigenvalue weighted by molar-refractivity contribution is 0.0730. The lowest BCUT2D eigenvalue weighted by atomic mass is 10.2. The number of rotatable bonds is 5. The van der Waals surface area contributed by atoms with Crippen molar-refractivity contribution in [1.29, 1.82) is 0 Å². The Morgan fingerprint density at radius 3 is 2.33 bits per heavy atom. The van der Waals surface area contributed by atoms with Gasteiger partial charge in [-0.1, -0.05) is 29.3 Å². The molecule has 0 radical (unpaired) electrons. The van der Waals surface area contributed by atoms with E-state index in [9.17, 15) is 16.8 Å². The second-order valence-electron chi connectivity index (χ2n) is 5.79. The van der Waals surface area contributed by atoms with Crippen molar-refractivity contribution in [3.05, 3.63) is 38.5 Å². The smallest absolute Gasteiger partial charge is 0.264 e. The molecule has 148 valence electrons. The Bertz CT molecular complexity index is 1060. The van der Waals surface area contributed by atoms with Crippen molar-refractivity contribution in [3.63, 3.8) is 0 Å². The van der Waals surface area contributed by atoms with Crippen molar-refractivity contribution in [3.8, 4) is 0 Å². The Morgan fingerprint density at radius 1 is 1.07 bits per heavy atom. The van der Waals surface area contributed by atoms with Crippen molar-refractivity contribution < 1.29 is 21.6 Å². The Morgan fingerprint density at radius 2 is 1.74 bits per heavy atom. The first-order valence-corrected chi connectivity index (χ1v) is 12.3. The molecule has 0 bridgehead atoms. The van der Waals surface area contributed by atoms with Crippen LogP contribution in [0.4, 0.5) is 5.69 Å². The molecule has 0 saturated carbocycles. The van der Waals surface area contributed by atoms with Gasteiger partial charge in [0, 0.05) is 13.1 Å². The standard InChI is InChI=1S/C15H16Cl2N2O5S3/c1-10-2-3-11(18-26(20,21)13-9-14(16)25-15(13)17)8-12(10)27(22,23)19-4-6-24-7-5-19/h2-3,8-9,18H,4-7H2,1H3. The molecular formula is C15H16Cl2N2O5S3. The van der Waals surface area contributed by atoms with Crippen molar-refractivity contribution >= 4 is 60.3 Å². The Labute approximate surface area is 171 Å². The predicted octanol–water partition coefficient (Wildman–Crippen LogP) is 3.19. The van der Waals surface area contributed by atoms with Gasteiger partial charge >= 0.3 is 0 Å². The van der Waals surface area contributed by atoms with E-state index >= 15 is 0 Å². The molecule has 1 aliphatic rings. The molecule has 0 amide bonds. The summed E-state index contributed by atoms with van der Waals surface area (Å²) in [6.07, 6.45) is 0. The summed E-state index contributed by atoms with van der Waals surface area (Å²) < 4.78 is 60.1. The van der Waals surface area contributed by atoms with Crippen LogP contribution in [0.25, 0.3) is 0 Å². The summed E-state index contributed by atoms with van der Waals surface area (Å²) in [6, 6.07) is 5.59. The van der Waals surface area contributed by atoms with Crippen LogP contribution in [0.5, 0.6) is 0 Å². The van der Waals surface area contributed by atoms with Gasteiger partial charge in [-0.3, -0.25) is 4.72 Å². The number of ether oxygens (including phenoxy) is 1. The molecule has 2 aromatic rings. The zero-order valence-corrected chi connectivity index (χ0v) is 18.1. The normalized spacial score (nSPS) is 16.4. The molecule has 1 aromatic heterocycles. The Balaban J connectivity index is 1.95. The second-order valence-corrected chi connectivity index (χ2v) is 11.6. The molecule has 7 nitrogen and oxygen atoms in total. The maximum atomic E-state index is 12.9. The van der Waals surface area contributed by atoms with Gasteiger partial charge in [0.05, 0.1) is 28.1 Å². The number of nitrogens with zero attached hydrogens (tertiary/aromatic N) is 1. The zero-order valence-electron chi connectivity index (χ0n) is 14.1. The Hall–Kier alpha value is -0.880. The average Bonchev–Trinajstić information content (AvgIpc) is 2.96. The number of sulfonamides is 2. The molecule has 3 rings (SSSR count). The highest BCUT2D eigenvalue weighted by Crippen LogP contribution is 2.35. The third-order valence-corrected chi connectivity index (χ3v) is 9.12. The highest BCUT2D eigenvalue weighted by Gasteiger charge is 2.29. The van der Waals surface area contributed by atoms with Gasteiger partial charge in [0.1, 0.15) is 9.23 Å². The van der Waals surface area contributed by atoms with Gasteiger partial charge in [0.15, 0.2) is 0 Å². The summed E-state index contributed by atoms with van der Waals surface area (Å²) in [6.45, 7) is 2.80. The van der Waals surface area contributed by atoms with E-state index in [-0.39, 0.29) is 37.2 Å². The van der Waals surface area contributed by atoms with Crippen molar-refractivity contribution in [1.82, 2.24) is 4.31 Å². The number of aryl methyl sites for hydroxylation is 1. The van der Waals surface area contributed by atoms with E-state index in [2.05, 4.69) is 4.72 Å². The van der Waals surface area contributed by atoms with Crippen LogP contribution < -0.4 is 4.72 Å². The number of morpholine rings is 1. The summed E-state index contributed by atoms with van der Waals surface area (Å²) in [7, 11) is -7.77. The summed E-state index contributed by atoms with van der Waals surface area (Å²) in [5, 5.41) is 0. The van der Waals surface area contributed by atoms with Crippen LogP contribution in [0.3, 0.4) is 0 Å². The molecule has 0 unspecified atom stereocenters. The molecule has 1 saturated heterocycles. The molecular weight excluding hydrogens is 455 g/mol. The molecule has 12 heteroatoms. The van der Waals surface area contributed by atoms with E-state index in [0.717, 1.165) is 11.3 Å². The lowest BCUT2D eigenvalue weighted by Gasteiger charge is -2.26. The van der Waals surface area contributed by atoms with E-state index in [1.165, 1.54) is 22.5 Å². The first-order valence-electron chi connectivity index (χ1n) is 7.77. The minimum atomic E-state index is -4.01. The number of thiophene rings is 1. The quantitative estimate of drug-likeness (QED) is 0.723. The fourth-order valence-electron chi connectivity index (χ4n) is 2.59.